The normalized spacial score (nSPS) is 14.3. The standard InChI is InChI=1S/C52H96NO9P/c1-6-8-10-12-14-16-17-18-19-20-21-22-23-24-25-26-27-29-31-35-39-43-51(55)59-47-50(48-61-63(57,58)60-46-45-53(3,4)5)62-52(56)44-40-36-32-34-38-42-49(54)41-37-33-30-28-15-13-11-9-7-2/h15,28,32-34,37-38,42,49-50,54H,6-14,16-27,29-31,35-36,39-41,43-48H2,1-5H3/p+1/b28-15-,34-32+,37-33-,42-38-/t49?,50-/m1/s1. The molecule has 0 radical (unpaired) electrons. The molecule has 0 fully saturated rings. The molecule has 0 aliphatic heterocycles. The number of likely N-dealkylation sites (N-methyl/N-ethyl adjacent to an activating group) is 1. The minimum atomic E-state index is -4.42. The Morgan fingerprint density at radius 3 is 1.62 bits per heavy atom. The van der Waals surface area contributed by atoms with Crippen molar-refractivity contribution in [3.8, 4) is 0 Å². The van der Waals surface area contributed by atoms with Gasteiger partial charge in [-0.3, -0.25) is 18.6 Å². The van der Waals surface area contributed by atoms with Gasteiger partial charge < -0.3 is 24.0 Å². The lowest BCUT2D eigenvalue weighted by Gasteiger charge is -2.24. The number of phosphoric ester groups is 1. The van der Waals surface area contributed by atoms with Gasteiger partial charge in [-0.05, 0) is 44.9 Å². The van der Waals surface area contributed by atoms with E-state index in [9.17, 15) is 24.2 Å². The predicted octanol–water partition coefficient (Wildman–Crippen LogP) is 14.0. The molecule has 2 unspecified atom stereocenters. The van der Waals surface area contributed by atoms with E-state index in [1.54, 1.807) is 12.2 Å². The quantitative estimate of drug-likeness (QED) is 0.0153. The number of aliphatic hydroxyl groups is 1. The average Bonchev–Trinajstić information content (AvgIpc) is 3.23. The van der Waals surface area contributed by atoms with Gasteiger partial charge in [-0.25, -0.2) is 4.57 Å². The monoisotopic (exact) mass is 911 g/mol. The van der Waals surface area contributed by atoms with E-state index in [0.717, 1.165) is 32.1 Å². The molecule has 0 saturated heterocycles. The molecule has 368 valence electrons. The minimum Gasteiger partial charge on any atom is -0.462 e. The second kappa shape index (κ2) is 43.8. The van der Waals surface area contributed by atoms with Crippen molar-refractivity contribution >= 4 is 19.8 Å². The Balaban J connectivity index is 4.38. The zero-order valence-corrected chi connectivity index (χ0v) is 42.1. The SMILES string of the molecule is CCCCC/C=C\C/C=C\CC(O)/C=C\C=C\CCCC(=O)O[C@H](COC(=O)CCCCCCCCCCCCCCCCCCCCCCC)COP(=O)(O)OCC[N+](C)(C)C. The molecule has 2 N–H and O–H groups in total. The highest BCUT2D eigenvalue weighted by atomic mass is 31.2. The highest BCUT2D eigenvalue weighted by molar-refractivity contribution is 7.47. The molecule has 0 aromatic carbocycles. The number of rotatable bonds is 46. The third kappa shape index (κ3) is 47.7. The van der Waals surface area contributed by atoms with Crippen LogP contribution >= 0.6 is 7.82 Å². The van der Waals surface area contributed by atoms with Gasteiger partial charge in [0.05, 0.1) is 33.9 Å². The molecule has 0 bridgehead atoms. The van der Waals surface area contributed by atoms with E-state index in [1.807, 2.05) is 39.4 Å². The maximum Gasteiger partial charge on any atom is 0.472 e. The topological polar surface area (TPSA) is 129 Å². The van der Waals surface area contributed by atoms with Gasteiger partial charge in [0.25, 0.3) is 0 Å². The first-order chi connectivity index (χ1) is 30.4. The molecule has 3 atom stereocenters. The molecule has 63 heavy (non-hydrogen) atoms. The number of carbonyl (C=O) groups excluding carboxylic acids is 2. The first-order valence-electron chi connectivity index (χ1n) is 25.5. The number of nitrogens with zero attached hydrogens (tertiary/aromatic N) is 1. The van der Waals surface area contributed by atoms with Crippen LogP contribution in [0.1, 0.15) is 213 Å². The first kappa shape index (κ1) is 60.9. The van der Waals surface area contributed by atoms with Crippen LogP contribution in [0.3, 0.4) is 0 Å². The summed E-state index contributed by atoms with van der Waals surface area (Å²) in [6, 6.07) is 0. The van der Waals surface area contributed by atoms with Crippen LogP contribution in [-0.4, -0.2) is 86.1 Å². The Morgan fingerprint density at radius 2 is 1.06 bits per heavy atom. The summed E-state index contributed by atoms with van der Waals surface area (Å²) in [4.78, 5) is 35.5. The Kier molecular flexibility index (Phi) is 42.4. The van der Waals surface area contributed by atoms with Gasteiger partial charge >= 0.3 is 19.8 Å². The third-order valence-electron chi connectivity index (χ3n) is 10.9. The minimum absolute atomic E-state index is 0.00602. The van der Waals surface area contributed by atoms with E-state index in [4.69, 9.17) is 18.5 Å². The summed E-state index contributed by atoms with van der Waals surface area (Å²) < 4.78 is 34.3. The van der Waals surface area contributed by atoms with E-state index in [2.05, 4.69) is 32.1 Å². The summed E-state index contributed by atoms with van der Waals surface area (Å²) >= 11 is 0. The van der Waals surface area contributed by atoms with Crippen molar-refractivity contribution in [2.75, 3.05) is 47.5 Å². The molecular weight excluding hydrogens is 814 g/mol. The number of phosphoric acid groups is 1. The number of aliphatic hydroxyl groups excluding tert-OH is 1. The van der Waals surface area contributed by atoms with E-state index in [0.29, 0.717) is 30.3 Å². The van der Waals surface area contributed by atoms with Gasteiger partial charge in [0, 0.05) is 12.8 Å². The predicted molar refractivity (Wildman–Crippen MR) is 263 cm³/mol. The fourth-order valence-electron chi connectivity index (χ4n) is 6.91. The summed E-state index contributed by atoms with van der Waals surface area (Å²) in [5.41, 5.74) is 0. The Hall–Kier alpha value is -2.07. The van der Waals surface area contributed by atoms with E-state index in [1.165, 1.54) is 135 Å². The Morgan fingerprint density at radius 1 is 0.571 bits per heavy atom. The van der Waals surface area contributed by atoms with Crippen molar-refractivity contribution in [1.82, 2.24) is 0 Å². The smallest absolute Gasteiger partial charge is 0.462 e. The number of unbranched alkanes of at least 4 members (excludes halogenated alkanes) is 24. The molecule has 0 amide bonds. The van der Waals surface area contributed by atoms with Crippen molar-refractivity contribution in [2.24, 2.45) is 0 Å². The highest BCUT2D eigenvalue weighted by Crippen LogP contribution is 2.43. The molecule has 0 rings (SSSR count). The Labute approximate surface area is 386 Å². The number of hydrogen-bond donors (Lipinski definition) is 2. The average molecular weight is 911 g/mol. The molecule has 0 heterocycles. The summed E-state index contributed by atoms with van der Waals surface area (Å²) in [6.07, 6.45) is 49.1. The fourth-order valence-corrected chi connectivity index (χ4v) is 7.65. The lowest BCUT2D eigenvalue weighted by molar-refractivity contribution is -0.870. The summed E-state index contributed by atoms with van der Waals surface area (Å²) in [6.45, 7) is 4.25. The molecule has 0 aromatic heterocycles. The molecule has 0 aromatic rings. The summed E-state index contributed by atoms with van der Waals surface area (Å²) in [7, 11) is 1.39. The van der Waals surface area contributed by atoms with Crippen molar-refractivity contribution < 1.29 is 47.2 Å². The van der Waals surface area contributed by atoms with Crippen LogP contribution in [0.25, 0.3) is 0 Å². The zero-order chi connectivity index (χ0) is 46.5. The van der Waals surface area contributed by atoms with Crippen LogP contribution in [0, 0.1) is 0 Å². The third-order valence-corrected chi connectivity index (χ3v) is 11.9. The van der Waals surface area contributed by atoms with Crippen molar-refractivity contribution in [3.05, 3.63) is 48.6 Å². The van der Waals surface area contributed by atoms with E-state index < -0.39 is 38.6 Å². The van der Waals surface area contributed by atoms with Gasteiger partial charge in [0.2, 0.25) is 0 Å². The number of carbonyl (C=O) groups is 2. The lowest BCUT2D eigenvalue weighted by Crippen LogP contribution is -2.37. The molecule has 0 spiro atoms. The van der Waals surface area contributed by atoms with Crippen molar-refractivity contribution in [2.45, 2.75) is 225 Å². The maximum absolute atomic E-state index is 12.7. The van der Waals surface area contributed by atoms with Crippen molar-refractivity contribution in [3.63, 3.8) is 0 Å². The zero-order valence-electron chi connectivity index (χ0n) is 41.2. The fraction of sp³-hybridized carbons (Fsp3) is 0.808. The first-order valence-corrected chi connectivity index (χ1v) is 27.0. The van der Waals surface area contributed by atoms with Gasteiger partial charge in [0.15, 0.2) is 6.10 Å². The second-order valence-corrected chi connectivity index (χ2v) is 19.9. The van der Waals surface area contributed by atoms with Crippen LogP contribution in [0.5, 0.6) is 0 Å². The number of allylic oxidation sites excluding steroid dienone is 6. The van der Waals surface area contributed by atoms with Crippen molar-refractivity contribution in [1.29, 1.82) is 0 Å². The number of hydrogen-bond acceptors (Lipinski definition) is 8. The molecule has 10 nitrogen and oxygen atoms in total. The van der Waals surface area contributed by atoms with Crippen LogP contribution in [0.4, 0.5) is 0 Å². The number of quaternary nitrogens is 1. The Bertz CT molecular complexity index is 1230. The summed E-state index contributed by atoms with van der Waals surface area (Å²) in [5.74, 6) is -0.922. The lowest BCUT2D eigenvalue weighted by atomic mass is 10.0. The second-order valence-electron chi connectivity index (χ2n) is 18.4. The van der Waals surface area contributed by atoms with Gasteiger partial charge in [0.1, 0.15) is 19.8 Å². The van der Waals surface area contributed by atoms with Crippen LogP contribution in [0.2, 0.25) is 0 Å². The molecule has 0 aliphatic carbocycles. The van der Waals surface area contributed by atoms with Gasteiger partial charge in [-0.15, -0.1) is 0 Å². The van der Waals surface area contributed by atoms with Crippen LogP contribution in [0.15, 0.2) is 48.6 Å². The largest absolute Gasteiger partial charge is 0.472 e. The molecule has 11 heteroatoms. The number of ether oxygens (including phenoxy) is 2. The van der Waals surface area contributed by atoms with Gasteiger partial charge in [-0.1, -0.05) is 204 Å². The van der Waals surface area contributed by atoms with E-state index >= 15 is 0 Å². The number of esters is 2. The summed E-state index contributed by atoms with van der Waals surface area (Å²) in [5, 5.41) is 10.2. The van der Waals surface area contributed by atoms with Crippen LogP contribution < -0.4 is 0 Å². The molecular formula is C52H97NO9P+. The molecule has 0 saturated carbocycles. The van der Waals surface area contributed by atoms with E-state index in [-0.39, 0.29) is 26.1 Å². The van der Waals surface area contributed by atoms with Gasteiger partial charge in [-0.2, -0.15) is 0 Å². The maximum atomic E-state index is 12.7. The highest BCUT2D eigenvalue weighted by Gasteiger charge is 2.27. The van der Waals surface area contributed by atoms with Crippen LogP contribution in [-0.2, 0) is 32.7 Å². The molecule has 0 aliphatic rings.